The van der Waals surface area contributed by atoms with Crippen molar-refractivity contribution in [1.82, 2.24) is 4.90 Å². The maximum atomic E-state index is 5.90. The van der Waals surface area contributed by atoms with E-state index in [2.05, 4.69) is 11.0 Å². The molecule has 1 unspecified atom stereocenters. The molecule has 1 aromatic rings. The van der Waals surface area contributed by atoms with E-state index in [1.54, 1.807) is 7.11 Å². The minimum absolute atomic E-state index is 0. The Morgan fingerprint density at radius 3 is 2.52 bits per heavy atom. The molecular weight excluding hydrogens is 288 g/mol. The van der Waals surface area contributed by atoms with Crippen LogP contribution in [0.4, 0.5) is 0 Å². The van der Waals surface area contributed by atoms with Crippen molar-refractivity contribution in [2.24, 2.45) is 5.73 Å². The fourth-order valence-electron chi connectivity index (χ4n) is 2.58. The van der Waals surface area contributed by atoms with E-state index in [0.29, 0.717) is 6.73 Å². The zero-order valence-corrected chi connectivity index (χ0v) is 13.8. The average Bonchev–Trinajstić information content (AvgIpc) is 2.46. The van der Waals surface area contributed by atoms with E-state index in [1.165, 1.54) is 24.8 Å². The Morgan fingerprint density at radius 1 is 1.19 bits per heavy atom. The number of ether oxygens (including phenoxy) is 2. The van der Waals surface area contributed by atoms with Crippen LogP contribution in [-0.2, 0) is 6.42 Å². The van der Waals surface area contributed by atoms with Gasteiger partial charge in [-0.05, 0) is 43.9 Å². The number of methoxy groups -OCH3 is 1. The summed E-state index contributed by atoms with van der Waals surface area (Å²) in [6, 6.07) is 6.23. The van der Waals surface area contributed by atoms with Crippen LogP contribution in [0.25, 0.3) is 0 Å². The van der Waals surface area contributed by atoms with Crippen LogP contribution in [0.3, 0.4) is 0 Å². The van der Waals surface area contributed by atoms with Gasteiger partial charge in [0, 0.05) is 19.1 Å². The van der Waals surface area contributed by atoms with Gasteiger partial charge in [0.1, 0.15) is 6.73 Å². The first kappa shape index (κ1) is 18.1. The van der Waals surface area contributed by atoms with Crippen LogP contribution in [0.15, 0.2) is 18.2 Å². The highest BCUT2D eigenvalue weighted by Crippen LogP contribution is 2.28. The van der Waals surface area contributed by atoms with Crippen LogP contribution in [0, 0.1) is 0 Å². The molecule has 0 aliphatic carbocycles. The molecule has 0 amide bonds. The molecule has 0 spiro atoms. The van der Waals surface area contributed by atoms with Crippen molar-refractivity contribution in [2.75, 3.05) is 26.9 Å². The topological polar surface area (TPSA) is 47.7 Å². The second-order valence-electron chi connectivity index (χ2n) is 5.62. The first-order valence-electron chi connectivity index (χ1n) is 7.46. The molecule has 1 aromatic carbocycles. The van der Waals surface area contributed by atoms with Gasteiger partial charge in [-0.25, -0.2) is 0 Å². The fraction of sp³-hybridized carbons (Fsp3) is 0.625. The van der Waals surface area contributed by atoms with Crippen molar-refractivity contribution in [2.45, 2.75) is 38.6 Å². The summed E-state index contributed by atoms with van der Waals surface area (Å²) in [5.74, 6) is 1.60. The van der Waals surface area contributed by atoms with Crippen LogP contribution < -0.4 is 15.2 Å². The molecule has 21 heavy (non-hydrogen) atoms. The predicted molar refractivity (Wildman–Crippen MR) is 88.5 cm³/mol. The van der Waals surface area contributed by atoms with E-state index in [4.69, 9.17) is 15.2 Å². The van der Waals surface area contributed by atoms with Crippen molar-refractivity contribution in [1.29, 1.82) is 0 Å². The lowest BCUT2D eigenvalue weighted by Crippen LogP contribution is -2.33. The van der Waals surface area contributed by atoms with Gasteiger partial charge in [0.25, 0.3) is 0 Å². The Hall–Kier alpha value is -0.970. The van der Waals surface area contributed by atoms with Crippen LogP contribution in [-0.4, -0.2) is 37.9 Å². The lowest BCUT2D eigenvalue weighted by atomic mass is 10.1. The molecule has 1 fully saturated rings. The molecule has 2 N–H and O–H groups in total. The van der Waals surface area contributed by atoms with Crippen LogP contribution in [0.1, 0.15) is 31.7 Å². The summed E-state index contributed by atoms with van der Waals surface area (Å²) in [5, 5.41) is 0. The normalized spacial score (nSPS) is 16.9. The number of piperidine rings is 1. The third kappa shape index (κ3) is 5.73. The maximum absolute atomic E-state index is 5.90. The number of halogens is 1. The Kier molecular flexibility index (Phi) is 7.86. The van der Waals surface area contributed by atoms with Gasteiger partial charge in [0.15, 0.2) is 11.5 Å². The molecule has 1 saturated heterocycles. The summed E-state index contributed by atoms with van der Waals surface area (Å²) < 4.78 is 11.3. The van der Waals surface area contributed by atoms with Crippen molar-refractivity contribution < 1.29 is 9.47 Å². The number of benzene rings is 1. The molecule has 1 aliphatic heterocycles. The van der Waals surface area contributed by atoms with E-state index in [0.717, 1.165) is 31.0 Å². The molecule has 4 nitrogen and oxygen atoms in total. The van der Waals surface area contributed by atoms with Gasteiger partial charge >= 0.3 is 0 Å². The van der Waals surface area contributed by atoms with Gasteiger partial charge < -0.3 is 15.2 Å². The van der Waals surface area contributed by atoms with Crippen molar-refractivity contribution in [3.63, 3.8) is 0 Å². The summed E-state index contributed by atoms with van der Waals surface area (Å²) in [5.41, 5.74) is 7.01. The quantitative estimate of drug-likeness (QED) is 0.877. The van der Waals surface area contributed by atoms with E-state index < -0.39 is 0 Å². The fourth-order valence-corrected chi connectivity index (χ4v) is 2.58. The smallest absolute Gasteiger partial charge is 0.163 e. The molecule has 120 valence electrons. The lowest BCUT2D eigenvalue weighted by molar-refractivity contribution is 0.104. The maximum Gasteiger partial charge on any atom is 0.163 e. The molecule has 1 heterocycles. The first-order valence-corrected chi connectivity index (χ1v) is 7.46. The van der Waals surface area contributed by atoms with Crippen molar-refractivity contribution in [3.05, 3.63) is 23.8 Å². The Morgan fingerprint density at radius 2 is 1.90 bits per heavy atom. The van der Waals surface area contributed by atoms with Crippen molar-refractivity contribution in [3.8, 4) is 11.5 Å². The molecule has 0 radical (unpaired) electrons. The van der Waals surface area contributed by atoms with E-state index in [1.807, 2.05) is 19.1 Å². The number of nitrogens with two attached hydrogens (primary N) is 1. The number of likely N-dealkylation sites (tertiary alicyclic amines) is 1. The van der Waals surface area contributed by atoms with Gasteiger partial charge in [-0.1, -0.05) is 12.5 Å². The minimum Gasteiger partial charge on any atom is -0.493 e. The monoisotopic (exact) mass is 314 g/mol. The number of nitrogens with zero attached hydrogens (tertiary/aromatic N) is 1. The highest BCUT2D eigenvalue weighted by Gasteiger charge is 2.12. The van der Waals surface area contributed by atoms with E-state index >= 15 is 0 Å². The molecule has 0 saturated carbocycles. The van der Waals surface area contributed by atoms with E-state index in [-0.39, 0.29) is 18.4 Å². The third-order valence-corrected chi connectivity index (χ3v) is 3.64. The Labute approximate surface area is 134 Å². The standard InChI is InChI=1S/C16H26N2O2.ClH/c1-13(17)10-14-6-7-15(16(11-14)19-2)20-12-18-8-4-3-5-9-18;/h6-7,11,13H,3-5,8-10,12,17H2,1-2H3;1H. The SMILES string of the molecule is COc1cc(CC(C)N)ccc1OCN1CCCCC1.Cl. The Balaban J connectivity index is 0.00000220. The summed E-state index contributed by atoms with van der Waals surface area (Å²) in [6.45, 7) is 4.91. The molecule has 1 atom stereocenters. The average molecular weight is 315 g/mol. The molecule has 2 rings (SSSR count). The minimum atomic E-state index is 0. The summed E-state index contributed by atoms with van der Waals surface area (Å²) >= 11 is 0. The highest BCUT2D eigenvalue weighted by molar-refractivity contribution is 5.85. The molecule has 1 aliphatic rings. The van der Waals surface area contributed by atoms with Gasteiger partial charge in [-0.2, -0.15) is 0 Å². The van der Waals surface area contributed by atoms with Gasteiger partial charge in [0.05, 0.1) is 7.11 Å². The predicted octanol–water partition coefficient (Wildman–Crippen LogP) is 2.83. The zero-order chi connectivity index (χ0) is 14.4. The summed E-state index contributed by atoms with van der Waals surface area (Å²) in [6.07, 6.45) is 4.73. The van der Waals surface area contributed by atoms with Gasteiger partial charge in [-0.15, -0.1) is 12.4 Å². The van der Waals surface area contributed by atoms with Crippen LogP contribution >= 0.6 is 12.4 Å². The molecular formula is C16H27ClN2O2. The summed E-state index contributed by atoms with van der Waals surface area (Å²) in [4.78, 5) is 2.35. The third-order valence-electron chi connectivity index (χ3n) is 3.64. The number of hydrogen-bond donors (Lipinski definition) is 1. The number of rotatable bonds is 6. The zero-order valence-electron chi connectivity index (χ0n) is 13.0. The lowest BCUT2D eigenvalue weighted by Gasteiger charge is -2.26. The van der Waals surface area contributed by atoms with Crippen molar-refractivity contribution >= 4 is 12.4 Å². The Bertz CT molecular complexity index is 421. The molecule has 0 bridgehead atoms. The summed E-state index contributed by atoms with van der Waals surface area (Å²) in [7, 11) is 1.68. The van der Waals surface area contributed by atoms with Crippen LogP contribution in [0.2, 0.25) is 0 Å². The van der Waals surface area contributed by atoms with Crippen LogP contribution in [0.5, 0.6) is 11.5 Å². The first-order chi connectivity index (χ1) is 9.69. The largest absolute Gasteiger partial charge is 0.493 e. The second kappa shape index (κ2) is 9.13. The second-order valence-corrected chi connectivity index (χ2v) is 5.62. The van der Waals surface area contributed by atoms with Gasteiger partial charge in [0.2, 0.25) is 0 Å². The number of hydrogen-bond acceptors (Lipinski definition) is 4. The van der Waals surface area contributed by atoms with Gasteiger partial charge in [-0.3, -0.25) is 4.90 Å². The van der Waals surface area contributed by atoms with E-state index in [9.17, 15) is 0 Å². The molecule has 0 aromatic heterocycles. The highest BCUT2D eigenvalue weighted by atomic mass is 35.5. The molecule has 5 heteroatoms.